The van der Waals surface area contributed by atoms with Gasteiger partial charge < -0.3 is 9.47 Å². The van der Waals surface area contributed by atoms with Crippen LogP contribution in [0, 0.1) is 13.8 Å². The van der Waals surface area contributed by atoms with Crippen molar-refractivity contribution in [1.29, 1.82) is 0 Å². The van der Waals surface area contributed by atoms with Crippen molar-refractivity contribution in [3.63, 3.8) is 0 Å². The quantitative estimate of drug-likeness (QED) is 0.121. The number of aromatic amines is 4. The minimum absolute atomic E-state index is 0.329. The SMILES string of the molecule is CCOc1cc(C(c2c(-c3ccc(C)cc3)[nH][nH]c2=O)c2c(-c3ccc(C)cc3)[nH][nH]c2=O)cc(Br)c1OCc1ccccc1. The van der Waals surface area contributed by atoms with Crippen molar-refractivity contribution in [1.82, 2.24) is 20.4 Å². The topological polar surface area (TPSA) is 116 Å². The van der Waals surface area contributed by atoms with E-state index in [0.29, 0.717) is 57.3 Å². The van der Waals surface area contributed by atoms with E-state index < -0.39 is 5.92 Å². The third-order valence-corrected chi connectivity index (χ3v) is 8.37. The van der Waals surface area contributed by atoms with Crippen LogP contribution >= 0.6 is 15.9 Å². The second-order valence-corrected chi connectivity index (χ2v) is 11.8. The van der Waals surface area contributed by atoms with Gasteiger partial charge in [0.25, 0.3) is 11.1 Å². The highest BCUT2D eigenvalue weighted by Crippen LogP contribution is 2.44. The average Bonchev–Trinajstić information content (AvgIpc) is 3.61. The lowest BCUT2D eigenvalue weighted by Gasteiger charge is -2.21. The summed E-state index contributed by atoms with van der Waals surface area (Å²) in [6.45, 7) is 6.65. The molecular formula is C36H33BrN4O4. The summed E-state index contributed by atoms with van der Waals surface area (Å²) in [6, 6.07) is 29.4. The predicted octanol–water partition coefficient (Wildman–Crippen LogP) is 7.59. The molecule has 8 nitrogen and oxygen atoms in total. The minimum Gasteiger partial charge on any atom is -0.490 e. The number of aromatic nitrogens is 4. The van der Waals surface area contributed by atoms with Crippen LogP contribution in [-0.2, 0) is 6.61 Å². The van der Waals surface area contributed by atoms with E-state index in [1.165, 1.54) is 0 Å². The smallest absolute Gasteiger partial charge is 0.268 e. The molecule has 4 aromatic carbocycles. The molecule has 0 radical (unpaired) electrons. The Kier molecular flexibility index (Phi) is 8.62. The van der Waals surface area contributed by atoms with E-state index in [2.05, 4.69) is 36.3 Å². The molecule has 45 heavy (non-hydrogen) atoms. The number of ether oxygens (including phenoxy) is 2. The summed E-state index contributed by atoms with van der Waals surface area (Å²) in [5.41, 5.74) is 6.85. The first-order chi connectivity index (χ1) is 21.8. The van der Waals surface area contributed by atoms with Gasteiger partial charge in [-0.25, -0.2) is 0 Å². The van der Waals surface area contributed by atoms with Gasteiger partial charge in [-0.2, -0.15) is 0 Å². The Morgan fingerprint density at radius 3 is 1.73 bits per heavy atom. The second-order valence-electron chi connectivity index (χ2n) is 10.9. The van der Waals surface area contributed by atoms with Gasteiger partial charge in [0, 0.05) is 5.92 Å². The Bertz CT molecular complexity index is 1940. The summed E-state index contributed by atoms with van der Waals surface area (Å²) >= 11 is 3.72. The molecule has 2 aromatic heterocycles. The molecule has 0 unspecified atom stereocenters. The maximum atomic E-state index is 13.7. The lowest BCUT2D eigenvalue weighted by Crippen LogP contribution is -2.20. The molecule has 0 saturated heterocycles. The summed E-state index contributed by atoms with van der Waals surface area (Å²) in [6.07, 6.45) is 0. The standard InChI is InChI=1S/C36H33BrN4O4/c1-4-44-28-19-26(18-27(37)34(28)45-20-23-8-6-5-7-9-23)29(30-32(38-40-35(30)42)24-14-10-21(2)11-15-24)31-33(39-41-36(31)43)25-16-12-22(3)13-17-25/h5-19,29H,4,20H2,1-3H3,(H2,38,40,42)(H2,39,41,43). The molecule has 0 aliphatic heterocycles. The molecule has 6 aromatic rings. The lowest BCUT2D eigenvalue weighted by molar-refractivity contribution is 0.267. The molecule has 0 amide bonds. The average molecular weight is 666 g/mol. The maximum Gasteiger partial charge on any atom is 0.268 e. The van der Waals surface area contributed by atoms with Gasteiger partial charge in [-0.1, -0.05) is 90.0 Å². The number of rotatable bonds is 10. The zero-order chi connectivity index (χ0) is 31.5. The van der Waals surface area contributed by atoms with Gasteiger partial charge in [-0.05, 0) is 71.1 Å². The van der Waals surface area contributed by atoms with Crippen LogP contribution in [0.1, 0.15) is 46.2 Å². The molecule has 0 saturated carbocycles. The summed E-state index contributed by atoms with van der Waals surface area (Å²) in [5, 5.41) is 11.7. The van der Waals surface area contributed by atoms with Crippen LogP contribution in [0.15, 0.2) is 105 Å². The van der Waals surface area contributed by atoms with Crippen molar-refractivity contribution in [2.75, 3.05) is 6.61 Å². The third-order valence-electron chi connectivity index (χ3n) is 7.78. The van der Waals surface area contributed by atoms with Gasteiger partial charge in [0.2, 0.25) is 0 Å². The highest BCUT2D eigenvalue weighted by atomic mass is 79.9. The summed E-state index contributed by atoms with van der Waals surface area (Å²) in [4.78, 5) is 27.5. The Labute approximate surface area is 268 Å². The van der Waals surface area contributed by atoms with E-state index >= 15 is 0 Å². The van der Waals surface area contributed by atoms with Gasteiger partial charge in [0.15, 0.2) is 11.5 Å². The van der Waals surface area contributed by atoms with Crippen molar-refractivity contribution in [3.05, 3.63) is 150 Å². The van der Waals surface area contributed by atoms with E-state index in [1.807, 2.05) is 112 Å². The first-order valence-electron chi connectivity index (χ1n) is 14.7. The van der Waals surface area contributed by atoms with E-state index in [9.17, 15) is 9.59 Å². The summed E-state index contributed by atoms with van der Waals surface area (Å²) in [5.74, 6) is 0.239. The molecule has 0 spiro atoms. The van der Waals surface area contributed by atoms with Crippen LogP contribution in [0.5, 0.6) is 11.5 Å². The highest BCUT2D eigenvalue weighted by Gasteiger charge is 2.32. The van der Waals surface area contributed by atoms with Crippen LogP contribution in [0.25, 0.3) is 22.5 Å². The molecule has 4 N–H and O–H groups in total. The zero-order valence-corrected chi connectivity index (χ0v) is 26.7. The second kappa shape index (κ2) is 12.9. The van der Waals surface area contributed by atoms with Gasteiger partial charge in [0.05, 0.1) is 33.6 Å². The molecule has 6 rings (SSSR count). The number of H-pyrrole nitrogens is 4. The minimum atomic E-state index is -0.790. The van der Waals surface area contributed by atoms with Crippen LogP contribution in [0.4, 0.5) is 0 Å². The van der Waals surface area contributed by atoms with E-state index in [0.717, 1.165) is 27.8 Å². The predicted molar refractivity (Wildman–Crippen MR) is 180 cm³/mol. The molecule has 0 atom stereocenters. The number of aryl methyl sites for hydroxylation is 2. The largest absolute Gasteiger partial charge is 0.490 e. The zero-order valence-electron chi connectivity index (χ0n) is 25.2. The highest BCUT2D eigenvalue weighted by molar-refractivity contribution is 9.10. The van der Waals surface area contributed by atoms with Gasteiger partial charge >= 0.3 is 0 Å². The molecule has 0 bridgehead atoms. The monoisotopic (exact) mass is 664 g/mol. The van der Waals surface area contributed by atoms with Crippen molar-refractivity contribution in [2.24, 2.45) is 0 Å². The van der Waals surface area contributed by atoms with Crippen LogP contribution in [0.2, 0.25) is 0 Å². The molecular weight excluding hydrogens is 632 g/mol. The Balaban J connectivity index is 1.57. The van der Waals surface area contributed by atoms with Crippen LogP contribution in [-0.4, -0.2) is 27.0 Å². The fourth-order valence-corrected chi connectivity index (χ4v) is 6.12. The molecule has 9 heteroatoms. The number of hydrogen-bond acceptors (Lipinski definition) is 4. The summed E-state index contributed by atoms with van der Waals surface area (Å²) in [7, 11) is 0. The first kappa shape index (κ1) is 30.0. The number of halogens is 1. The van der Waals surface area contributed by atoms with E-state index in [4.69, 9.17) is 9.47 Å². The molecule has 0 fully saturated rings. The molecule has 0 aliphatic rings. The number of hydrogen-bond donors (Lipinski definition) is 4. The Morgan fingerprint density at radius 1 is 0.689 bits per heavy atom. The van der Waals surface area contributed by atoms with Crippen LogP contribution < -0.4 is 20.6 Å². The third kappa shape index (κ3) is 6.17. The first-order valence-corrected chi connectivity index (χ1v) is 15.5. The summed E-state index contributed by atoms with van der Waals surface area (Å²) < 4.78 is 13.0. The van der Waals surface area contributed by atoms with Crippen molar-refractivity contribution >= 4 is 15.9 Å². The fourth-order valence-electron chi connectivity index (χ4n) is 5.55. The van der Waals surface area contributed by atoms with Gasteiger partial charge in [-0.15, -0.1) is 0 Å². The van der Waals surface area contributed by atoms with E-state index in [1.54, 1.807) is 0 Å². The molecule has 228 valence electrons. The van der Waals surface area contributed by atoms with Crippen molar-refractivity contribution in [2.45, 2.75) is 33.3 Å². The van der Waals surface area contributed by atoms with Crippen molar-refractivity contribution in [3.8, 4) is 34.0 Å². The maximum absolute atomic E-state index is 13.7. The Morgan fingerprint density at radius 2 is 1.22 bits per heavy atom. The normalized spacial score (nSPS) is 11.2. The number of benzene rings is 4. The van der Waals surface area contributed by atoms with Gasteiger partial charge in [0.1, 0.15) is 6.61 Å². The fraction of sp³-hybridized carbons (Fsp3) is 0.167. The van der Waals surface area contributed by atoms with Crippen LogP contribution in [0.3, 0.4) is 0 Å². The van der Waals surface area contributed by atoms with Crippen molar-refractivity contribution < 1.29 is 9.47 Å². The Hall–Kier alpha value is -5.02. The number of nitrogens with one attached hydrogen (secondary N) is 4. The van der Waals surface area contributed by atoms with Gasteiger partial charge in [-0.3, -0.25) is 30.0 Å². The lowest BCUT2D eigenvalue weighted by atomic mass is 9.83. The molecule has 0 aliphatic carbocycles. The molecule has 2 heterocycles. The van der Waals surface area contributed by atoms with E-state index in [-0.39, 0.29) is 11.1 Å².